The minimum Gasteiger partial charge on any atom is -0.469 e. The second-order valence-electron chi connectivity index (χ2n) is 3.52. The first-order chi connectivity index (χ1) is 7.29. The first-order valence-corrected chi connectivity index (χ1v) is 5.00. The van der Waals surface area contributed by atoms with Gasteiger partial charge in [-0.2, -0.15) is 0 Å². The molecule has 1 aliphatic rings. The molecule has 0 fully saturated rings. The van der Waals surface area contributed by atoms with E-state index >= 15 is 0 Å². The van der Waals surface area contributed by atoms with Gasteiger partial charge in [-0.05, 0) is 29.3 Å². The summed E-state index contributed by atoms with van der Waals surface area (Å²) in [6.45, 7) is 0.864. The van der Waals surface area contributed by atoms with Crippen molar-refractivity contribution >= 4 is 12.0 Å². The van der Waals surface area contributed by atoms with Gasteiger partial charge in [0, 0.05) is 6.54 Å². The number of benzene rings is 1. The van der Waals surface area contributed by atoms with Crippen LogP contribution in [0.25, 0.3) is 6.08 Å². The average Bonchev–Trinajstić information content (AvgIpc) is 2.29. The van der Waals surface area contributed by atoms with E-state index in [4.69, 9.17) is 0 Å². The van der Waals surface area contributed by atoms with Gasteiger partial charge in [-0.25, -0.2) is 0 Å². The summed E-state index contributed by atoms with van der Waals surface area (Å²) in [6, 6.07) is 5.90. The van der Waals surface area contributed by atoms with Gasteiger partial charge in [0.05, 0.1) is 18.9 Å². The van der Waals surface area contributed by atoms with Crippen molar-refractivity contribution in [2.45, 2.75) is 12.8 Å². The molecule has 1 heterocycles. The molecule has 0 saturated heterocycles. The van der Waals surface area contributed by atoms with Crippen LogP contribution in [0, 0.1) is 0 Å². The molecule has 0 spiro atoms. The summed E-state index contributed by atoms with van der Waals surface area (Å²) in [5.41, 5.74) is 0.981. The quantitative estimate of drug-likeness (QED) is 0.644. The lowest BCUT2D eigenvalue weighted by Gasteiger charge is -2.03. The minimum absolute atomic E-state index is 0.206. The fraction of sp³-hybridized carbons (Fsp3) is 0.333. The summed E-state index contributed by atoms with van der Waals surface area (Å²) >= 11 is 0. The van der Waals surface area contributed by atoms with Crippen LogP contribution < -0.4 is 10.6 Å². The van der Waals surface area contributed by atoms with E-state index in [0.717, 1.165) is 29.1 Å². The molecule has 0 unspecified atom stereocenters. The Morgan fingerprint density at radius 2 is 2.40 bits per heavy atom. The van der Waals surface area contributed by atoms with Crippen molar-refractivity contribution in [1.29, 1.82) is 0 Å². The summed E-state index contributed by atoms with van der Waals surface area (Å²) in [6.07, 6.45) is 3.47. The fourth-order valence-corrected chi connectivity index (χ4v) is 1.67. The SMILES string of the molecule is COC(=O)Cc1ccc2c(c1)=CCCN=2. The maximum atomic E-state index is 11.1. The van der Waals surface area contributed by atoms with Crippen LogP contribution in [0.1, 0.15) is 12.0 Å². The third kappa shape index (κ3) is 2.24. The molecule has 3 nitrogen and oxygen atoms in total. The Kier molecular flexibility index (Phi) is 2.81. The van der Waals surface area contributed by atoms with E-state index in [-0.39, 0.29) is 5.97 Å². The van der Waals surface area contributed by atoms with Crippen molar-refractivity contribution in [1.82, 2.24) is 0 Å². The summed E-state index contributed by atoms with van der Waals surface area (Å²) in [7, 11) is 1.40. The van der Waals surface area contributed by atoms with E-state index in [1.54, 1.807) is 0 Å². The van der Waals surface area contributed by atoms with Gasteiger partial charge in [0.1, 0.15) is 0 Å². The van der Waals surface area contributed by atoms with Crippen molar-refractivity contribution in [3.63, 3.8) is 0 Å². The van der Waals surface area contributed by atoms with E-state index in [1.165, 1.54) is 7.11 Å². The molecule has 0 bridgehead atoms. The lowest BCUT2D eigenvalue weighted by Crippen LogP contribution is -2.28. The maximum absolute atomic E-state index is 11.1. The van der Waals surface area contributed by atoms with Crippen LogP contribution in [0.15, 0.2) is 23.2 Å². The van der Waals surface area contributed by atoms with Gasteiger partial charge < -0.3 is 4.74 Å². The van der Waals surface area contributed by atoms with Crippen LogP contribution in [0.3, 0.4) is 0 Å². The van der Waals surface area contributed by atoms with E-state index in [2.05, 4.69) is 15.8 Å². The van der Waals surface area contributed by atoms with E-state index < -0.39 is 0 Å². The number of carbonyl (C=O) groups is 1. The number of hydrogen-bond donors (Lipinski definition) is 0. The first-order valence-electron chi connectivity index (χ1n) is 5.00. The molecule has 0 radical (unpaired) electrons. The van der Waals surface area contributed by atoms with Crippen LogP contribution >= 0.6 is 0 Å². The normalized spacial score (nSPS) is 13.4. The van der Waals surface area contributed by atoms with Crippen molar-refractivity contribution < 1.29 is 9.53 Å². The number of carbonyl (C=O) groups excluding carboxylic acids is 1. The molecule has 0 atom stereocenters. The van der Waals surface area contributed by atoms with Gasteiger partial charge in [0.25, 0.3) is 0 Å². The number of esters is 1. The Bertz CT molecular complexity index is 491. The minimum atomic E-state index is -0.206. The van der Waals surface area contributed by atoms with Gasteiger partial charge in [-0.15, -0.1) is 0 Å². The van der Waals surface area contributed by atoms with Gasteiger partial charge in [-0.1, -0.05) is 12.1 Å². The predicted octanol–water partition coefficient (Wildman–Crippen LogP) is 0.206. The second-order valence-corrected chi connectivity index (χ2v) is 3.52. The number of fused-ring (bicyclic) bond motifs is 1. The van der Waals surface area contributed by atoms with Crippen LogP contribution in [-0.2, 0) is 16.0 Å². The first kappa shape index (κ1) is 9.90. The number of rotatable bonds is 2. The molecule has 2 rings (SSSR count). The van der Waals surface area contributed by atoms with E-state index in [1.807, 2.05) is 18.2 Å². The van der Waals surface area contributed by atoms with Crippen molar-refractivity contribution in [3.05, 3.63) is 34.3 Å². The monoisotopic (exact) mass is 203 g/mol. The summed E-state index contributed by atoms with van der Waals surface area (Å²) < 4.78 is 4.63. The smallest absolute Gasteiger partial charge is 0.309 e. The molecule has 0 saturated carbocycles. The highest BCUT2D eigenvalue weighted by atomic mass is 16.5. The number of ether oxygens (including phenoxy) is 1. The highest BCUT2D eigenvalue weighted by Crippen LogP contribution is 1.97. The van der Waals surface area contributed by atoms with Gasteiger partial charge in [-0.3, -0.25) is 9.79 Å². The highest BCUT2D eigenvalue weighted by molar-refractivity contribution is 5.72. The molecule has 1 aromatic carbocycles. The Morgan fingerprint density at radius 1 is 1.53 bits per heavy atom. The number of methoxy groups -OCH3 is 1. The molecule has 3 heteroatoms. The summed E-state index contributed by atoms with van der Waals surface area (Å²) in [4.78, 5) is 15.5. The molecular weight excluding hydrogens is 190 g/mol. The van der Waals surface area contributed by atoms with Gasteiger partial charge in [0.2, 0.25) is 0 Å². The van der Waals surface area contributed by atoms with Gasteiger partial charge in [0.15, 0.2) is 0 Å². The van der Waals surface area contributed by atoms with Gasteiger partial charge >= 0.3 is 5.97 Å². The molecule has 1 aromatic rings. The third-order valence-corrected chi connectivity index (χ3v) is 2.44. The Balaban J connectivity index is 2.33. The Hall–Kier alpha value is -1.64. The molecule has 0 aromatic heterocycles. The Morgan fingerprint density at radius 3 is 3.20 bits per heavy atom. The standard InChI is InChI=1S/C12H13NO2/c1-15-12(14)8-9-4-5-11-10(7-9)3-2-6-13-11/h3-5,7H,2,6,8H2,1H3. The largest absolute Gasteiger partial charge is 0.469 e. The molecule has 15 heavy (non-hydrogen) atoms. The van der Waals surface area contributed by atoms with E-state index in [9.17, 15) is 4.79 Å². The van der Waals surface area contributed by atoms with E-state index in [0.29, 0.717) is 6.42 Å². The zero-order valence-electron chi connectivity index (χ0n) is 8.69. The number of nitrogens with zero attached hydrogens (tertiary/aromatic N) is 1. The van der Waals surface area contributed by atoms with Crippen LogP contribution in [0.5, 0.6) is 0 Å². The zero-order valence-corrected chi connectivity index (χ0v) is 8.69. The van der Waals surface area contributed by atoms with Crippen molar-refractivity contribution in [3.8, 4) is 0 Å². The number of hydrogen-bond acceptors (Lipinski definition) is 3. The maximum Gasteiger partial charge on any atom is 0.309 e. The molecule has 0 amide bonds. The lowest BCUT2D eigenvalue weighted by molar-refractivity contribution is -0.139. The predicted molar refractivity (Wildman–Crippen MR) is 56.9 cm³/mol. The van der Waals surface area contributed by atoms with Crippen LogP contribution in [0.2, 0.25) is 0 Å². The van der Waals surface area contributed by atoms with Crippen molar-refractivity contribution in [2.24, 2.45) is 4.99 Å². The molecular formula is C12H13NO2. The summed E-state index contributed by atoms with van der Waals surface area (Å²) in [5, 5.41) is 2.15. The topological polar surface area (TPSA) is 38.7 Å². The average molecular weight is 203 g/mol. The van der Waals surface area contributed by atoms with Crippen molar-refractivity contribution in [2.75, 3.05) is 13.7 Å². The Labute approximate surface area is 88.1 Å². The van der Waals surface area contributed by atoms with Crippen LogP contribution in [-0.4, -0.2) is 19.6 Å². The zero-order chi connectivity index (χ0) is 10.7. The molecule has 0 aliphatic carbocycles. The lowest BCUT2D eigenvalue weighted by atomic mass is 10.1. The molecule has 78 valence electrons. The van der Waals surface area contributed by atoms with Crippen LogP contribution in [0.4, 0.5) is 0 Å². The molecule has 0 N–H and O–H groups in total. The fourth-order valence-electron chi connectivity index (χ4n) is 1.67. The summed E-state index contributed by atoms with van der Waals surface area (Å²) in [5.74, 6) is -0.206. The second kappa shape index (κ2) is 4.26. The highest BCUT2D eigenvalue weighted by Gasteiger charge is 2.03. The third-order valence-electron chi connectivity index (χ3n) is 2.44. The molecule has 1 aliphatic heterocycles.